The molecule has 1 heterocycles. The molecular formula is C36H46O8. The van der Waals surface area contributed by atoms with Gasteiger partial charge >= 0.3 is 17.9 Å². The van der Waals surface area contributed by atoms with E-state index in [0.717, 1.165) is 23.1 Å². The molecule has 0 aromatic carbocycles. The van der Waals surface area contributed by atoms with Gasteiger partial charge in [0.1, 0.15) is 17.4 Å². The molecule has 4 aliphatic carbocycles. The summed E-state index contributed by atoms with van der Waals surface area (Å²) < 4.78 is 11.9. The van der Waals surface area contributed by atoms with Crippen LogP contribution >= 0.6 is 0 Å². The van der Waals surface area contributed by atoms with Crippen LogP contribution in [0.1, 0.15) is 87.5 Å². The second kappa shape index (κ2) is 10.9. The molecular weight excluding hydrogens is 560 g/mol. The van der Waals surface area contributed by atoms with Crippen molar-refractivity contribution in [3.8, 4) is 0 Å². The van der Waals surface area contributed by atoms with Crippen LogP contribution in [0, 0.1) is 40.4 Å². The van der Waals surface area contributed by atoms with Gasteiger partial charge in [0.15, 0.2) is 5.60 Å². The number of carboxylic acid groups (broad SMARTS) is 1. The van der Waals surface area contributed by atoms with E-state index in [0.29, 0.717) is 19.3 Å². The second-order valence-electron chi connectivity index (χ2n) is 14.5. The maximum atomic E-state index is 14.8. The minimum absolute atomic E-state index is 0.0138. The molecule has 238 valence electrons. The maximum Gasteiger partial charge on any atom is 0.346 e. The molecule has 8 heteroatoms. The number of carbonyl (C=O) groups is 4. The lowest BCUT2D eigenvalue weighted by Gasteiger charge is -2.56. The average molecular weight is 607 g/mol. The number of aliphatic hydroxyl groups excluding tert-OH is 1. The van der Waals surface area contributed by atoms with Crippen LogP contribution in [0.3, 0.4) is 0 Å². The molecule has 2 bridgehead atoms. The Labute approximate surface area is 259 Å². The molecule has 0 unspecified atom stereocenters. The first-order chi connectivity index (χ1) is 20.5. The van der Waals surface area contributed by atoms with Gasteiger partial charge in [-0.15, -0.1) is 0 Å². The van der Waals surface area contributed by atoms with Crippen LogP contribution in [0.4, 0.5) is 0 Å². The number of carboxylic acids is 1. The highest BCUT2D eigenvalue weighted by atomic mass is 16.6. The van der Waals surface area contributed by atoms with E-state index in [1.54, 1.807) is 19.9 Å². The summed E-state index contributed by atoms with van der Waals surface area (Å²) in [5, 5.41) is 22.5. The van der Waals surface area contributed by atoms with Crippen molar-refractivity contribution in [3.63, 3.8) is 0 Å². The third-order valence-corrected chi connectivity index (χ3v) is 11.4. The highest BCUT2D eigenvalue weighted by Crippen LogP contribution is 2.62. The van der Waals surface area contributed by atoms with Crippen molar-refractivity contribution in [3.05, 3.63) is 57.9 Å². The van der Waals surface area contributed by atoms with E-state index in [2.05, 4.69) is 19.1 Å². The molecule has 44 heavy (non-hydrogen) atoms. The summed E-state index contributed by atoms with van der Waals surface area (Å²) in [4.78, 5) is 53.1. The van der Waals surface area contributed by atoms with Gasteiger partial charge in [0, 0.05) is 36.2 Å². The summed E-state index contributed by atoms with van der Waals surface area (Å²) in [5.74, 6) is -4.48. The summed E-state index contributed by atoms with van der Waals surface area (Å²) in [7, 11) is 0. The number of allylic oxidation sites excluding steroid dienone is 5. The fourth-order valence-corrected chi connectivity index (χ4v) is 9.67. The van der Waals surface area contributed by atoms with Gasteiger partial charge < -0.3 is 19.7 Å². The number of aliphatic hydroxyl groups is 1. The van der Waals surface area contributed by atoms with E-state index >= 15 is 0 Å². The SMILES string of the molecule is CC(=O)O[C@H]1CC[C@H](C)[C@@H]2[C@@H]1C=C(C)[C@H]1/C(C)=C/CC/C(C)=C/[C@]3(C)C=C(C(=O)O)[C@H](C)C[C@]34OC(=O)C(=C(O)[C@@]21C)C4=O. The van der Waals surface area contributed by atoms with Crippen molar-refractivity contribution in [2.75, 3.05) is 0 Å². The molecule has 1 saturated heterocycles. The zero-order chi connectivity index (χ0) is 32.5. The Balaban J connectivity index is 1.81. The molecule has 0 radical (unpaired) electrons. The van der Waals surface area contributed by atoms with Gasteiger partial charge in [-0.3, -0.25) is 9.59 Å². The minimum atomic E-state index is -1.70. The summed E-state index contributed by atoms with van der Waals surface area (Å²) in [5.41, 5.74) is -1.26. The van der Waals surface area contributed by atoms with Crippen molar-refractivity contribution in [1.29, 1.82) is 0 Å². The van der Waals surface area contributed by atoms with Crippen molar-refractivity contribution in [1.82, 2.24) is 0 Å². The molecule has 2 fully saturated rings. The molecule has 5 aliphatic rings. The number of ether oxygens (including phenoxy) is 2. The molecule has 1 spiro atoms. The van der Waals surface area contributed by atoms with E-state index in [9.17, 15) is 29.4 Å². The molecule has 1 saturated carbocycles. The number of hydrogen-bond donors (Lipinski definition) is 2. The smallest absolute Gasteiger partial charge is 0.346 e. The highest BCUT2D eigenvalue weighted by molar-refractivity contribution is 6.26. The lowest BCUT2D eigenvalue weighted by Crippen LogP contribution is -2.55. The predicted molar refractivity (Wildman–Crippen MR) is 164 cm³/mol. The number of fused-ring (bicyclic) bond motifs is 4. The maximum absolute atomic E-state index is 14.8. The van der Waals surface area contributed by atoms with Crippen LogP contribution in [0.5, 0.6) is 0 Å². The van der Waals surface area contributed by atoms with Crippen LogP contribution in [0.25, 0.3) is 0 Å². The number of esters is 2. The van der Waals surface area contributed by atoms with Gasteiger partial charge in [-0.1, -0.05) is 61.8 Å². The van der Waals surface area contributed by atoms with E-state index in [4.69, 9.17) is 9.47 Å². The van der Waals surface area contributed by atoms with Crippen LogP contribution in [-0.4, -0.2) is 45.6 Å². The van der Waals surface area contributed by atoms with Gasteiger partial charge in [0.2, 0.25) is 5.78 Å². The van der Waals surface area contributed by atoms with Crippen molar-refractivity contribution in [2.24, 2.45) is 40.4 Å². The lowest BCUT2D eigenvalue weighted by molar-refractivity contribution is -0.162. The number of rotatable bonds is 2. The van der Waals surface area contributed by atoms with Gasteiger partial charge in [0.25, 0.3) is 0 Å². The number of carbonyl (C=O) groups excluding carboxylic acids is 3. The second-order valence-corrected chi connectivity index (χ2v) is 14.5. The van der Waals surface area contributed by atoms with Crippen molar-refractivity contribution in [2.45, 2.75) is 99.2 Å². The Hall–Kier alpha value is -3.42. The standard InChI is InChI=1S/C36H46O8/c1-18-10-9-11-19(2)28-21(4)14-24-26(43-23(6)37)13-12-20(3)29(24)35(28,8)30(38)27-31(39)36(44-33(27)42)16-22(5)25(32(40)41)17-34(36,7)15-18/h11,14-15,17,20,22,24,26,28-29,38H,9-10,12-13,16H2,1-8H3,(H,40,41)/b18-15+,19-11+,30-27?/t20-,22+,24+,26-,28+,29+,34+,35+,36+/m0/s1. The monoisotopic (exact) mass is 606 g/mol. The largest absolute Gasteiger partial charge is 0.511 e. The fourth-order valence-electron chi connectivity index (χ4n) is 9.67. The number of hydrogen-bond acceptors (Lipinski definition) is 7. The van der Waals surface area contributed by atoms with E-state index in [1.807, 2.05) is 33.8 Å². The minimum Gasteiger partial charge on any atom is -0.511 e. The van der Waals surface area contributed by atoms with E-state index in [-0.39, 0.29) is 59.1 Å². The van der Waals surface area contributed by atoms with E-state index in [1.165, 1.54) is 6.92 Å². The van der Waals surface area contributed by atoms with E-state index < -0.39 is 40.1 Å². The predicted octanol–water partition coefficient (Wildman–Crippen LogP) is 6.58. The van der Waals surface area contributed by atoms with Crippen molar-refractivity contribution >= 4 is 23.7 Å². The normalized spacial score (nSPS) is 43.1. The Morgan fingerprint density at radius 1 is 1.05 bits per heavy atom. The Morgan fingerprint density at radius 2 is 1.73 bits per heavy atom. The Kier molecular flexibility index (Phi) is 7.91. The first-order valence-electron chi connectivity index (χ1n) is 15.9. The third kappa shape index (κ3) is 4.62. The summed E-state index contributed by atoms with van der Waals surface area (Å²) in [6.45, 7) is 14.9. The average Bonchev–Trinajstić information content (AvgIpc) is 3.16. The van der Waals surface area contributed by atoms with Crippen molar-refractivity contribution < 1.29 is 38.9 Å². The first kappa shape index (κ1) is 32.0. The third-order valence-electron chi connectivity index (χ3n) is 11.4. The number of Topliss-reactive ketones (excluding diaryl/α,β-unsaturated/α-hetero) is 1. The molecule has 8 nitrogen and oxygen atoms in total. The lowest BCUT2D eigenvalue weighted by atomic mass is 9.49. The first-order valence-corrected chi connectivity index (χ1v) is 15.9. The Bertz CT molecular complexity index is 1470. The molecule has 9 atom stereocenters. The summed E-state index contributed by atoms with van der Waals surface area (Å²) in [6.07, 6.45) is 10.2. The number of aliphatic carboxylic acids is 1. The topological polar surface area (TPSA) is 127 Å². The summed E-state index contributed by atoms with van der Waals surface area (Å²) >= 11 is 0. The number of ketones is 1. The van der Waals surface area contributed by atoms with Gasteiger partial charge in [-0.05, 0) is 71.1 Å². The molecule has 0 amide bonds. The fraction of sp³-hybridized carbons (Fsp3) is 0.611. The molecule has 2 N–H and O–H groups in total. The summed E-state index contributed by atoms with van der Waals surface area (Å²) in [6, 6.07) is 0. The van der Waals surface area contributed by atoms with Crippen LogP contribution in [0.15, 0.2) is 57.9 Å². The molecule has 0 aromatic rings. The molecule has 1 aliphatic heterocycles. The van der Waals surface area contributed by atoms with Crippen LogP contribution in [0.2, 0.25) is 0 Å². The van der Waals surface area contributed by atoms with Crippen LogP contribution < -0.4 is 0 Å². The quantitative estimate of drug-likeness (QED) is 0.205. The zero-order valence-corrected chi connectivity index (χ0v) is 27.2. The van der Waals surface area contributed by atoms with Gasteiger partial charge in [0.05, 0.1) is 5.41 Å². The molecule has 5 rings (SSSR count). The Morgan fingerprint density at radius 3 is 2.36 bits per heavy atom. The zero-order valence-electron chi connectivity index (χ0n) is 27.2. The molecule has 0 aromatic heterocycles. The highest BCUT2D eigenvalue weighted by Gasteiger charge is 2.67. The van der Waals surface area contributed by atoms with Gasteiger partial charge in [-0.2, -0.15) is 0 Å². The van der Waals surface area contributed by atoms with Crippen LogP contribution in [-0.2, 0) is 28.7 Å². The van der Waals surface area contributed by atoms with Gasteiger partial charge in [-0.25, -0.2) is 9.59 Å².